The van der Waals surface area contributed by atoms with Crippen molar-refractivity contribution in [2.75, 3.05) is 0 Å². The van der Waals surface area contributed by atoms with Gasteiger partial charge < -0.3 is 4.74 Å². The van der Waals surface area contributed by atoms with Crippen molar-refractivity contribution >= 4 is 0 Å². The molecule has 1 aliphatic carbocycles. The lowest BCUT2D eigenvalue weighted by Gasteiger charge is -2.07. The Labute approximate surface area is 136 Å². The van der Waals surface area contributed by atoms with E-state index in [-0.39, 0.29) is 0 Å². The van der Waals surface area contributed by atoms with Crippen molar-refractivity contribution in [3.8, 4) is 17.2 Å². The first-order valence-corrected chi connectivity index (χ1v) is 8.27. The minimum atomic E-state index is 0.650. The summed E-state index contributed by atoms with van der Waals surface area (Å²) in [7, 11) is 0. The number of benzene rings is 2. The van der Waals surface area contributed by atoms with Gasteiger partial charge in [0.15, 0.2) is 0 Å². The minimum Gasteiger partial charge on any atom is -0.457 e. The van der Waals surface area contributed by atoms with Gasteiger partial charge in [-0.2, -0.15) is 5.10 Å². The van der Waals surface area contributed by atoms with Crippen LogP contribution in [-0.2, 0) is 0 Å². The Morgan fingerprint density at radius 2 is 1.52 bits per heavy atom. The van der Waals surface area contributed by atoms with E-state index in [0.717, 1.165) is 17.2 Å². The van der Waals surface area contributed by atoms with Crippen LogP contribution < -0.4 is 4.74 Å². The van der Waals surface area contributed by atoms with Crippen LogP contribution >= 0.6 is 0 Å². The Morgan fingerprint density at radius 1 is 0.826 bits per heavy atom. The Morgan fingerprint density at radius 3 is 2.26 bits per heavy atom. The second kappa shape index (κ2) is 6.29. The van der Waals surface area contributed by atoms with Gasteiger partial charge in [0, 0.05) is 12.1 Å². The van der Waals surface area contributed by atoms with Crippen LogP contribution in [-0.4, -0.2) is 9.78 Å². The summed E-state index contributed by atoms with van der Waals surface area (Å²) in [5.74, 6) is 2.34. The van der Waals surface area contributed by atoms with Gasteiger partial charge in [0.2, 0.25) is 0 Å². The van der Waals surface area contributed by atoms with E-state index in [4.69, 9.17) is 9.84 Å². The van der Waals surface area contributed by atoms with Gasteiger partial charge in [-0.15, -0.1) is 0 Å². The van der Waals surface area contributed by atoms with E-state index in [1.54, 1.807) is 0 Å². The van der Waals surface area contributed by atoms with E-state index in [2.05, 4.69) is 12.3 Å². The fourth-order valence-electron chi connectivity index (χ4n) is 3.21. The Bertz CT molecular complexity index is 756. The number of aromatic nitrogens is 2. The zero-order valence-corrected chi connectivity index (χ0v) is 13.1. The fraction of sp³-hybridized carbons (Fsp3) is 0.250. The molecular weight excluding hydrogens is 284 g/mol. The molecule has 0 radical (unpaired) electrons. The molecule has 3 aromatic rings. The average Bonchev–Trinajstić information content (AvgIpc) is 3.28. The molecule has 0 bridgehead atoms. The molecule has 3 nitrogen and oxygen atoms in total. The predicted molar refractivity (Wildman–Crippen MR) is 91.3 cm³/mol. The molecule has 4 rings (SSSR count). The molecule has 3 heteroatoms. The van der Waals surface area contributed by atoms with Gasteiger partial charge in [-0.1, -0.05) is 31.0 Å². The lowest BCUT2D eigenvalue weighted by molar-refractivity contribution is 0.482. The Kier molecular flexibility index (Phi) is 3.85. The van der Waals surface area contributed by atoms with E-state index in [0.29, 0.717) is 5.92 Å². The predicted octanol–water partition coefficient (Wildman–Crippen LogP) is 5.32. The smallest absolute Gasteiger partial charge is 0.127 e. The molecule has 0 spiro atoms. The summed E-state index contributed by atoms with van der Waals surface area (Å²) in [6.07, 6.45) is 7.29. The molecule has 1 heterocycles. The molecule has 0 amide bonds. The maximum atomic E-state index is 5.83. The quantitative estimate of drug-likeness (QED) is 0.652. The van der Waals surface area contributed by atoms with Crippen molar-refractivity contribution in [1.82, 2.24) is 9.78 Å². The van der Waals surface area contributed by atoms with Crippen LogP contribution in [0.25, 0.3) is 5.69 Å². The summed E-state index contributed by atoms with van der Waals surface area (Å²) in [5.41, 5.74) is 2.29. The SMILES string of the molecule is c1ccc(Oc2ccc(-n3ccc(C4CCCC4)n3)cc2)cc1. The van der Waals surface area contributed by atoms with Crippen molar-refractivity contribution in [1.29, 1.82) is 0 Å². The number of nitrogens with zero attached hydrogens (tertiary/aromatic N) is 2. The van der Waals surface area contributed by atoms with Crippen LogP contribution in [0.3, 0.4) is 0 Å². The van der Waals surface area contributed by atoms with Gasteiger partial charge in [0.05, 0.1) is 11.4 Å². The van der Waals surface area contributed by atoms with Gasteiger partial charge in [0.1, 0.15) is 11.5 Å². The van der Waals surface area contributed by atoms with Crippen molar-refractivity contribution < 1.29 is 4.74 Å². The van der Waals surface area contributed by atoms with Crippen LogP contribution in [0.5, 0.6) is 11.5 Å². The molecule has 0 aliphatic heterocycles. The first-order valence-electron chi connectivity index (χ1n) is 8.27. The summed E-state index contributed by atoms with van der Waals surface area (Å²) in [4.78, 5) is 0. The standard InChI is InChI=1S/C20H20N2O/c1-2-8-18(9-3-1)23-19-12-10-17(11-13-19)22-15-14-20(21-22)16-6-4-5-7-16/h1-3,8-16H,4-7H2. The Balaban J connectivity index is 1.49. The maximum Gasteiger partial charge on any atom is 0.127 e. The minimum absolute atomic E-state index is 0.650. The highest BCUT2D eigenvalue weighted by Crippen LogP contribution is 2.33. The molecule has 1 fully saturated rings. The van der Waals surface area contributed by atoms with Crippen molar-refractivity contribution in [2.45, 2.75) is 31.6 Å². The molecular formula is C20H20N2O. The average molecular weight is 304 g/mol. The van der Waals surface area contributed by atoms with E-state index in [1.807, 2.05) is 59.3 Å². The number of hydrogen-bond donors (Lipinski definition) is 0. The first-order chi connectivity index (χ1) is 11.4. The largest absolute Gasteiger partial charge is 0.457 e. The third-order valence-electron chi connectivity index (χ3n) is 4.46. The highest BCUT2D eigenvalue weighted by Gasteiger charge is 2.19. The monoisotopic (exact) mass is 304 g/mol. The molecule has 0 atom stereocenters. The van der Waals surface area contributed by atoms with Crippen LogP contribution in [0.2, 0.25) is 0 Å². The molecule has 0 N–H and O–H groups in total. The fourth-order valence-corrected chi connectivity index (χ4v) is 3.21. The highest BCUT2D eigenvalue weighted by atomic mass is 16.5. The maximum absolute atomic E-state index is 5.83. The molecule has 1 aromatic heterocycles. The van der Waals surface area contributed by atoms with E-state index >= 15 is 0 Å². The van der Waals surface area contributed by atoms with Crippen LogP contribution in [0.4, 0.5) is 0 Å². The number of hydrogen-bond acceptors (Lipinski definition) is 2. The van der Waals surface area contributed by atoms with Crippen molar-refractivity contribution in [3.05, 3.63) is 72.6 Å². The zero-order chi connectivity index (χ0) is 15.5. The number of rotatable bonds is 4. The van der Waals surface area contributed by atoms with Crippen LogP contribution in [0.15, 0.2) is 66.9 Å². The van der Waals surface area contributed by atoms with Gasteiger partial charge in [0.25, 0.3) is 0 Å². The van der Waals surface area contributed by atoms with Gasteiger partial charge >= 0.3 is 0 Å². The molecule has 0 unspecified atom stereocenters. The summed E-state index contributed by atoms with van der Waals surface area (Å²) >= 11 is 0. The van der Waals surface area contributed by atoms with Gasteiger partial charge in [-0.05, 0) is 55.3 Å². The van der Waals surface area contributed by atoms with Crippen LogP contribution in [0.1, 0.15) is 37.3 Å². The molecule has 2 aromatic carbocycles. The van der Waals surface area contributed by atoms with E-state index < -0.39 is 0 Å². The third-order valence-corrected chi connectivity index (χ3v) is 4.46. The first kappa shape index (κ1) is 14.1. The van der Waals surface area contributed by atoms with Crippen molar-refractivity contribution in [2.24, 2.45) is 0 Å². The second-order valence-electron chi connectivity index (χ2n) is 6.08. The van der Waals surface area contributed by atoms with E-state index in [9.17, 15) is 0 Å². The van der Waals surface area contributed by atoms with Crippen LogP contribution in [0, 0.1) is 0 Å². The second-order valence-corrected chi connectivity index (χ2v) is 6.08. The summed E-state index contributed by atoms with van der Waals surface area (Å²) in [5, 5.41) is 4.75. The molecule has 116 valence electrons. The van der Waals surface area contributed by atoms with Crippen molar-refractivity contribution in [3.63, 3.8) is 0 Å². The zero-order valence-electron chi connectivity index (χ0n) is 13.1. The third kappa shape index (κ3) is 3.14. The summed E-state index contributed by atoms with van der Waals surface area (Å²) in [6.45, 7) is 0. The topological polar surface area (TPSA) is 27.1 Å². The van der Waals surface area contributed by atoms with E-state index in [1.165, 1.54) is 31.4 Å². The molecule has 1 aliphatic rings. The Hall–Kier alpha value is -2.55. The summed E-state index contributed by atoms with van der Waals surface area (Å²) in [6, 6.07) is 20.0. The molecule has 1 saturated carbocycles. The molecule has 0 saturated heterocycles. The number of ether oxygens (including phenoxy) is 1. The number of para-hydroxylation sites is 1. The molecule has 23 heavy (non-hydrogen) atoms. The highest BCUT2D eigenvalue weighted by molar-refractivity contribution is 5.39. The lowest BCUT2D eigenvalue weighted by Crippen LogP contribution is -1.98. The lowest BCUT2D eigenvalue weighted by atomic mass is 10.1. The normalized spacial score (nSPS) is 15.0. The van der Waals surface area contributed by atoms with Gasteiger partial charge in [-0.3, -0.25) is 0 Å². The summed E-state index contributed by atoms with van der Waals surface area (Å²) < 4.78 is 7.78. The van der Waals surface area contributed by atoms with Gasteiger partial charge in [-0.25, -0.2) is 4.68 Å².